The Bertz CT molecular complexity index is 229. The highest BCUT2D eigenvalue weighted by atomic mass is 15.3. The van der Waals surface area contributed by atoms with Gasteiger partial charge in [-0.25, -0.2) is 0 Å². The second-order valence-corrected chi connectivity index (χ2v) is 3.97. The molecule has 0 aliphatic carbocycles. The molecule has 0 aromatic rings. The third-order valence-corrected chi connectivity index (χ3v) is 2.89. The largest absolute Gasteiger partial charge is 0.340 e. The number of hydrogen-bond donors (Lipinski definition) is 1. The van der Waals surface area contributed by atoms with E-state index in [1.54, 1.807) is 0 Å². The predicted molar refractivity (Wildman–Crippen MR) is 59.2 cm³/mol. The van der Waals surface area contributed by atoms with Crippen molar-refractivity contribution in [3.8, 4) is 0 Å². The first kappa shape index (κ1) is 9.71. The summed E-state index contributed by atoms with van der Waals surface area (Å²) >= 11 is 0. The van der Waals surface area contributed by atoms with E-state index < -0.39 is 0 Å². The van der Waals surface area contributed by atoms with Crippen molar-refractivity contribution < 1.29 is 0 Å². The standard InChI is InChI=1S/C11H19N3/c1-2-5-10-13-8-4-9-14(10)11-6-3-7-12-11/h4,8-12H,2-3,5-7H2,1H3. The minimum Gasteiger partial charge on any atom is -0.340 e. The molecule has 2 aliphatic rings. The van der Waals surface area contributed by atoms with Gasteiger partial charge in [0.15, 0.2) is 0 Å². The maximum absolute atomic E-state index is 4.52. The Morgan fingerprint density at radius 2 is 2.50 bits per heavy atom. The van der Waals surface area contributed by atoms with Gasteiger partial charge in [-0.1, -0.05) is 13.3 Å². The first-order chi connectivity index (χ1) is 6.92. The molecular formula is C11H19N3. The molecule has 0 saturated carbocycles. The molecule has 3 heteroatoms. The van der Waals surface area contributed by atoms with E-state index in [0.717, 1.165) is 13.0 Å². The molecular weight excluding hydrogens is 174 g/mol. The van der Waals surface area contributed by atoms with Crippen LogP contribution in [0.1, 0.15) is 32.6 Å². The minimum absolute atomic E-state index is 0.362. The summed E-state index contributed by atoms with van der Waals surface area (Å²) in [5, 5.41) is 3.52. The molecule has 0 amide bonds. The summed E-state index contributed by atoms with van der Waals surface area (Å²) in [5.41, 5.74) is 0. The Kier molecular flexibility index (Phi) is 3.19. The van der Waals surface area contributed by atoms with Crippen molar-refractivity contribution in [2.75, 3.05) is 6.54 Å². The van der Waals surface area contributed by atoms with Crippen molar-refractivity contribution in [2.45, 2.75) is 44.9 Å². The molecule has 3 nitrogen and oxygen atoms in total. The molecule has 2 heterocycles. The molecule has 0 aromatic heterocycles. The summed E-state index contributed by atoms with van der Waals surface area (Å²) in [5.74, 6) is 0. The van der Waals surface area contributed by atoms with E-state index in [0.29, 0.717) is 12.3 Å². The Morgan fingerprint density at radius 1 is 1.57 bits per heavy atom. The first-order valence-electron chi connectivity index (χ1n) is 5.62. The van der Waals surface area contributed by atoms with Crippen LogP contribution in [-0.2, 0) is 0 Å². The van der Waals surface area contributed by atoms with E-state index in [-0.39, 0.29) is 0 Å². The van der Waals surface area contributed by atoms with Crippen molar-refractivity contribution in [3.63, 3.8) is 0 Å². The van der Waals surface area contributed by atoms with Gasteiger partial charge in [-0.05, 0) is 31.9 Å². The van der Waals surface area contributed by atoms with E-state index in [1.165, 1.54) is 19.3 Å². The van der Waals surface area contributed by atoms with Gasteiger partial charge in [0, 0.05) is 12.4 Å². The highest BCUT2D eigenvalue weighted by molar-refractivity contribution is 5.71. The topological polar surface area (TPSA) is 27.6 Å². The Labute approximate surface area is 85.9 Å². The summed E-state index contributed by atoms with van der Waals surface area (Å²) in [7, 11) is 0. The van der Waals surface area contributed by atoms with Crippen molar-refractivity contribution >= 4 is 6.21 Å². The predicted octanol–water partition coefficient (Wildman–Crippen LogP) is 1.72. The van der Waals surface area contributed by atoms with Gasteiger partial charge in [-0.3, -0.25) is 10.3 Å². The average Bonchev–Trinajstić information content (AvgIpc) is 2.72. The van der Waals surface area contributed by atoms with Gasteiger partial charge in [0.05, 0.1) is 6.17 Å². The molecule has 1 N–H and O–H groups in total. The highest BCUT2D eigenvalue weighted by Gasteiger charge is 2.25. The van der Waals surface area contributed by atoms with Crippen LogP contribution in [0, 0.1) is 0 Å². The SMILES string of the molecule is CCCC1N=CC=CN1C1CCCN1. The second-order valence-electron chi connectivity index (χ2n) is 3.97. The van der Waals surface area contributed by atoms with Crippen molar-refractivity contribution in [1.29, 1.82) is 0 Å². The van der Waals surface area contributed by atoms with E-state index >= 15 is 0 Å². The number of rotatable bonds is 3. The molecule has 2 rings (SSSR count). The minimum atomic E-state index is 0.362. The Hall–Kier alpha value is -0.830. The van der Waals surface area contributed by atoms with Gasteiger partial charge in [0.1, 0.15) is 6.17 Å². The van der Waals surface area contributed by atoms with Crippen LogP contribution >= 0.6 is 0 Å². The molecule has 78 valence electrons. The van der Waals surface area contributed by atoms with Crippen LogP contribution in [-0.4, -0.2) is 30.0 Å². The van der Waals surface area contributed by atoms with Gasteiger partial charge in [0.2, 0.25) is 0 Å². The van der Waals surface area contributed by atoms with Gasteiger partial charge >= 0.3 is 0 Å². The van der Waals surface area contributed by atoms with Crippen LogP contribution in [0.3, 0.4) is 0 Å². The first-order valence-corrected chi connectivity index (χ1v) is 5.62. The molecule has 2 atom stereocenters. The molecule has 0 bridgehead atoms. The van der Waals surface area contributed by atoms with E-state index in [4.69, 9.17) is 0 Å². The van der Waals surface area contributed by atoms with Crippen molar-refractivity contribution in [3.05, 3.63) is 12.3 Å². The zero-order valence-electron chi connectivity index (χ0n) is 8.82. The smallest absolute Gasteiger partial charge is 0.121 e. The number of hydrogen-bond acceptors (Lipinski definition) is 3. The molecule has 0 radical (unpaired) electrons. The number of nitrogens with zero attached hydrogens (tertiary/aromatic N) is 2. The third kappa shape index (κ3) is 1.98. The van der Waals surface area contributed by atoms with E-state index in [9.17, 15) is 0 Å². The lowest BCUT2D eigenvalue weighted by molar-refractivity contribution is 0.182. The van der Waals surface area contributed by atoms with Crippen LogP contribution in [0.15, 0.2) is 17.3 Å². The summed E-state index contributed by atoms with van der Waals surface area (Å²) < 4.78 is 0. The fourth-order valence-electron chi connectivity index (χ4n) is 2.18. The summed E-state index contributed by atoms with van der Waals surface area (Å²) in [4.78, 5) is 6.89. The van der Waals surface area contributed by atoms with Crippen LogP contribution in [0.5, 0.6) is 0 Å². The van der Waals surface area contributed by atoms with Gasteiger partial charge in [-0.15, -0.1) is 0 Å². The summed E-state index contributed by atoms with van der Waals surface area (Å²) in [6.45, 7) is 3.37. The van der Waals surface area contributed by atoms with Crippen LogP contribution in [0.2, 0.25) is 0 Å². The third-order valence-electron chi connectivity index (χ3n) is 2.89. The average molecular weight is 193 g/mol. The molecule has 2 unspecified atom stereocenters. The highest BCUT2D eigenvalue weighted by Crippen LogP contribution is 2.19. The molecule has 14 heavy (non-hydrogen) atoms. The Morgan fingerprint density at radius 3 is 3.21 bits per heavy atom. The lowest BCUT2D eigenvalue weighted by atomic mass is 10.2. The molecule has 1 saturated heterocycles. The van der Waals surface area contributed by atoms with Crippen LogP contribution in [0.4, 0.5) is 0 Å². The Balaban J connectivity index is 1.99. The summed E-state index contributed by atoms with van der Waals surface area (Å²) in [6, 6.07) is 0. The van der Waals surface area contributed by atoms with Crippen LogP contribution in [0.25, 0.3) is 0 Å². The maximum Gasteiger partial charge on any atom is 0.121 e. The van der Waals surface area contributed by atoms with E-state index in [2.05, 4.69) is 28.3 Å². The number of allylic oxidation sites excluding steroid dienone is 1. The quantitative estimate of drug-likeness (QED) is 0.739. The van der Waals surface area contributed by atoms with Crippen molar-refractivity contribution in [1.82, 2.24) is 10.2 Å². The van der Waals surface area contributed by atoms with E-state index in [1.807, 2.05) is 12.3 Å². The number of aliphatic imine (C=N–C) groups is 1. The monoisotopic (exact) mass is 193 g/mol. The lowest BCUT2D eigenvalue weighted by Crippen LogP contribution is -2.44. The maximum atomic E-state index is 4.52. The molecule has 2 aliphatic heterocycles. The fraction of sp³-hybridized carbons (Fsp3) is 0.727. The normalized spacial score (nSPS) is 31.4. The fourth-order valence-corrected chi connectivity index (χ4v) is 2.18. The molecule has 0 spiro atoms. The molecule has 1 fully saturated rings. The molecule has 0 aromatic carbocycles. The second kappa shape index (κ2) is 4.60. The number of nitrogens with one attached hydrogen (secondary N) is 1. The van der Waals surface area contributed by atoms with Crippen molar-refractivity contribution in [2.24, 2.45) is 4.99 Å². The summed E-state index contributed by atoms with van der Waals surface area (Å²) in [6.07, 6.45) is 11.9. The van der Waals surface area contributed by atoms with Gasteiger partial charge in [-0.2, -0.15) is 0 Å². The lowest BCUT2D eigenvalue weighted by Gasteiger charge is -2.34. The van der Waals surface area contributed by atoms with Gasteiger partial charge in [0.25, 0.3) is 0 Å². The van der Waals surface area contributed by atoms with Gasteiger partial charge < -0.3 is 4.90 Å². The van der Waals surface area contributed by atoms with Crippen LogP contribution < -0.4 is 5.32 Å². The zero-order valence-corrected chi connectivity index (χ0v) is 8.82. The zero-order chi connectivity index (χ0) is 9.80.